The molecule has 3 fully saturated rings. The summed E-state index contributed by atoms with van der Waals surface area (Å²) in [5.74, 6) is 0.903. The van der Waals surface area contributed by atoms with E-state index in [2.05, 4.69) is 11.5 Å². The average Bonchev–Trinajstić information content (AvgIpc) is 2.80. The fraction of sp³-hybridized carbons (Fsp3) is 0.833. The first-order valence-corrected chi connectivity index (χ1v) is 5.83. The van der Waals surface area contributed by atoms with Crippen LogP contribution in [0.4, 0.5) is 0 Å². The van der Waals surface area contributed by atoms with Crippen LogP contribution in [0.25, 0.3) is 0 Å². The van der Waals surface area contributed by atoms with Gasteiger partial charge >= 0.3 is 0 Å². The highest BCUT2D eigenvalue weighted by molar-refractivity contribution is 5.11. The summed E-state index contributed by atoms with van der Waals surface area (Å²) in [5.41, 5.74) is 1.41. The largest absolute Gasteiger partial charge is 0.377 e. The lowest BCUT2D eigenvalue weighted by Crippen LogP contribution is -2.24. The van der Waals surface area contributed by atoms with Crippen molar-refractivity contribution >= 4 is 0 Å². The van der Waals surface area contributed by atoms with Crippen LogP contribution in [-0.2, 0) is 4.74 Å². The molecule has 2 heteroatoms. The summed E-state index contributed by atoms with van der Waals surface area (Å²) in [5, 5.41) is 0. The number of hydrogen-bond acceptors (Lipinski definition) is 2. The fourth-order valence-corrected chi connectivity index (χ4v) is 2.71. The van der Waals surface area contributed by atoms with Crippen LogP contribution in [0.2, 0.25) is 0 Å². The maximum absolute atomic E-state index is 5.93. The Kier molecular flexibility index (Phi) is 2.14. The van der Waals surface area contributed by atoms with Crippen LogP contribution in [0.1, 0.15) is 25.7 Å². The van der Waals surface area contributed by atoms with E-state index in [4.69, 9.17) is 4.74 Å². The molecule has 2 nitrogen and oxygen atoms in total. The zero-order valence-electron chi connectivity index (χ0n) is 8.74. The predicted octanol–water partition coefficient (Wildman–Crippen LogP) is 1.82. The van der Waals surface area contributed by atoms with Crippen LogP contribution in [0, 0.1) is 5.92 Å². The smallest absolute Gasteiger partial charge is 0.0717 e. The van der Waals surface area contributed by atoms with Crippen molar-refractivity contribution in [2.75, 3.05) is 19.7 Å². The number of ether oxygens (including phenoxy) is 1. The molecule has 0 radical (unpaired) electrons. The Bertz CT molecular complexity index is 231. The van der Waals surface area contributed by atoms with Crippen molar-refractivity contribution in [3.05, 3.63) is 12.2 Å². The Morgan fingerprint density at radius 2 is 2.29 bits per heavy atom. The normalized spacial score (nSPS) is 37.9. The van der Waals surface area contributed by atoms with Crippen molar-refractivity contribution in [3.8, 4) is 0 Å². The zero-order valence-corrected chi connectivity index (χ0v) is 8.74. The molecular weight excluding hydrogens is 174 g/mol. The average molecular weight is 193 g/mol. The van der Waals surface area contributed by atoms with Gasteiger partial charge in [0.25, 0.3) is 0 Å². The minimum Gasteiger partial charge on any atom is -0.377 e. The Morgan fingerprint density at radius 3 is 3.00 bits per heavy atom. The van der Waals surface area contributed by atoms with Gasteiger partial charge in [-0.1, -0.05) is 12.2 Å². The van der Waals surface area contributed by atoms with Gasteiger partial charge in [0.2, 0.25) is 0 Å². The first kappa shape index (κ1) is 8.93. The number of rotatable bonds is 3. The highest BCUT2D eigenvalue weighted by Crippen LogP contribution is 2.34. The number of nitrogens with zero attached hydrogens (tertiary/aromatic N) is 1. The third kappa shape index (κ3) is 1.73. The second kappa shape index (κ2) is 3.35. The topological polar surface area (TPSA) is 12.5 Å². The molecule has 1 aliphatic carbocycles. The first-order chi connectivity index (χ1) is 6.81. The lowest BCUT2D eigenvalue weighted by molar-refractivity contribution is 0.0520. The second-order valence-corrected chi connectivity index (χ2v) is 5.17. The van der Waals surface area contributed by atoms with Gasteiger partial charge < -0.3 is 4.74 Å². The van der Waals surface area contributed by atoms with Gasteiger partial charge in [0.05, 0.1) is 6.10 Å². The van der Waals surface area contributed by atoms with E-state index in [1.165, 1.54) is 31.3 Å². The van der Waals surface area contributed by atoms with Crippen LogP contribution in [0.5, 0.6) is 0 Å². The van der Waals surface area contributed by atoms with Gasteiger partial charge in [-0.2, -0.15) is 0 Å². The van der Waals surface area contributed by atoms with Crippen molar-refractivity contribution < 1.29 is 4.74 Å². The third-order valence-corrected chi connectivity index (χ3v) is 3.71. The summed E-state index contributed by atoms with van der Waals surface area (Å²) in [6.45, 7) is 7.35. The molecule has 0 aromatic rings. The molecule has 0 amide bonds. The van der Waals surface area contributed by atoms with E-state index in [0.29, 0.717) is 6.10 Å². The summed E-state index contributed by atoms with van der Waals surface area (Å²) in [6, 6.07) is 0.756. The van der Waals surface area contributed by atoms with E-state index < -0.39 is 0 Å². The standard InChI is InChI=1S/C12H19NO/c1-9-4-11-5-12(7-13(11)6-9)14-8-10-2-3-10/h10-12H,1-8H2/t11-,12-/m1/s1. The molecule has 2 aliphatic heterocycles. The van der Waals surface area contributed by atoms with Crippen LogP contribution in [0.15, 0.2) is 12.2 Å². The zero-order chi connectivity index (χ0) is 9.54. The van der Waals surface area contributed by atoms with Crippen LogP contribution in [0.3, 0.4) is 0 Å². The SMILES string of the molecule is C=C1C[C@@H]2C[C@@H](OCC3CC3)CN2C1. The van der Waals surface area contributed by atoms with Crippen molar-refractivity contribution in [1.29, 1.82) is 0 Å². The van der Waals surface area contributed by atoms with E-state index in [0.717, 1.165) is 31.7 Å². The molecule has 2 heterocycles. The molecule has 3 aliphatic rings. The van der Waals surface area contributed by atoms with E-state index in [1.807, 2.05) is 0 Å². The van der Waals surface area contributed by atoms with Crippen LogP contribution in [-0.4, -0.2) is 36.7 Å². The summed E-state index contributed by atoms with van der Waals surface area (Å²) < 4.78 is 5.93. The molecule has 78 valence electrons. The fourth-order valence-electron chi connectivity index (χ4n) is 2.71. The molecule has 0 aromatic heterocycles. The molecule has 0 bridgehead atoms. The molecular formula is C12H19NO. The lowest BCUT2D eigenvalue weighted by Gasteiger charge is -2.13. The third-order valence-electron chi connectivity index (χ3n) is 3.71. The Morgan fingerprint density at radius 1 is 1.43 bits per heavy atom. The Hall–Kier alpha value is -0.340. The second-order valence-electron chi connectivity index (χ2n) is 5.17. The highest BCUT2D eigenvalue weighted by Gasteiger charge is 2.37. The molecule has 2 atom stereocenters. The van der Waals surface area contributed by atoms with Gasteiger partial charge in [-0.25, -0.2) is 0 Å². The van der Waals surface area contributed by atoms with Gasteiger partial charge in [-0.15, -0.1) is 0 Å². The highest BCUT2D eigenvalue weighted by atomic mass is 16.5. The predicted molar refractivity (Wildman–Crippen MR) is 56.2 cm³/mol. The minimum absolute atomic E-state index is 0.522. The van der Waals surface area contributed by atoms with Crippen LogP contribution >= 0.6 is 0 Å². The maximum Gasteiger partial charge on any atom is 0.0717 e. The van der Waals surface area contributed by atoms with Crippen molar-refractivity contribution in [3.63, 3.8) is 0 Å². The van der Waals surface area contributed by atoms with E-state index in [1.54, 1.807) is 0 Å². The molecule has 0 N–H and O–H groups in total. The summed E-state index contributed by atoms with van der Waals surface area (Å²) in [6.07, 6.45) is 5.77. The molecule has 0 aromatic carbocycles. The molecule has 2 saturated heterocycles. The molecule has 14 heavy (non-hydrogen) atoms. The van der Waals surface area contributed by atoms with Gasteiger partial charge in [0.15, 0.2) is 0 Å². The summed E-state index contributed by atoms with van der Waals surface area (Å²) in [4.78, 5) is 2.54. The van der Waals surface area contributed by atoms with Gasteiger partial charge in [-0.3, -0.25) is 4.90 Å². The van der Waals surface area contributed by atoms with Gasteiger partial charge in [-0.05, 0) is 31.6 Å². The molecule has 1 saturated carbocycles. The molecule has 3 rings (SSSR count). The maximum atomic E-state index is 5.93. The quantitative estimate of drug-likeness (QED) is 0.634. The summed E-state index contributed by atoms with van der Waals surface area (Å²) in [7, 11) is 0. The van der Waals surface area contributed by atoms with Crippen molar-refractivity contribution in [2.24, 2.45) is 5.92 Å². The van der Waals surface area contributed by atoms with Crippen molar-refractivity contribution in [2.45, 2.75) is 37.8 Å². The van der Waals surface area contributed by atoms with Crippen molar-refractivity contribution in [1.82, 2.24) is 4.90 Å². The summed E-state index contributed by atoms with van der Waals surface area (Å²) >= 11 is 0. The molecule has 0 unspecified atom stereocenters. The Balaban J connectivity index is 1.48. The van der Waals surface area contributed by atoms with E-state index in [9.17, 15) is 0 Å². The number of fused-ring (bicyclic) bond motifs is 1. The van der Waals surface area contributed by atoms with Crippen LogP contribution < -0.4 is 0 Å². The van der Waals surface area contributed by atoms with E-state index in [-0.39, 0.29) is 0 Å². The monoisotopic (exact) mass is 193 g/mol. The molecule has 0 spiro atoms. The Labute approximate surface area is 85.9 Å². The lowest BCUT2D eigenvalue weighted by atomic mass is 10.1. The minimum atomic E-state index is 0.522. The number of hydrogen-bond donors (Lipinski definition) is 0. The van der Waals surface area contributed by atoms with E-state index >= 15 is 0 Å². The van der Waals surface area contributed by atoms with Gasteiger partial charge in [0.1, 0.15) is 0 Å². The van der Waals surface area contributed by atoms with Gasteiger partial charge in [0, 0.05) is 25.7 Å². The first-order valence-electron chi connectivity index (χ1n) is 5.83.